The molecule has 0 spiro atoms. The number of benzene rings is 1. The van der Waals surface area contributed by atoms with E-state index in [9.17, 15) is 15.4 Å². The number of hydrogen-bond acceptors (Lipinski definition) is 7. The molecule has 0 bridgehead atoms. The molecule has 1 heterocycles. The van der Waals surface area contributed by atoms with E-state index in [0.29, 0.717) is 11.4 Å². The Morgan fingerprint density at radius 3 is 2.33 bits per heavy atom. The molecule has 1 aliphatic heterocycles. The molecule has 82 valence electrons. The smallest absolute Gasteiger partial charge is 0.169 e. The van der Waals surface area contributed by atoms with Crippen LogP contribution in [0.1, 0.15) is 0 Å². The monoisotopic (exact) mass is 212 g/mol. The van der Waals surface area contributed by atoms with Gasteiger partial charge in [-0.2, -0.15) is 0 Å². The van der Waals surface area contributed by atoms with Crippen molar-refractivity contribution in [3.63, 3.8) is 0 Å². The minimum Gasteiger partial charge on any atom is -0.733 e. The summed E-state index contributed by atoms with van der Waals surface area (Å²) in [7, 11) is 0. The van der Waals surface area contributed by atoms with Crippen molar-refractivity contribution >= 4 is 17.1 Å². The van der Waals surface area contributed by atoms with Gasteiger partial charge in [0.2, 0.25) is 0 Å². The summed E-state index contributed by atoms with van der Waals surface area (Å²) in [5.74, 6) is 0. The van der Waals surface area contributed by atoms with Gasteiger partial charge in [-0.25, -0.2) is 0 Å². The molecule has 1 aromatic carbocycles. The summed E-state index contributed by atoms with van der Waals surface area (Å²) in [5.41, 5.74) is 1.00. The average Bonchev–Trinajstić information content (AvgIpc) is 2.19. The van der Waals surface area contributed by atoms with Gasteiger partial charge in [-0.05, 0) is 18.2 Å². The van der Waals surface area contributed by atoms with Gasteiger partial charge in [0.1, 0.15) is 0 Å². The van der Waals surface area contributed by atoms with Crippen LogP contribution in [0.4, 0.5) is 17.1 Å². The van der Waals surface area contributed by atoms with Crippen LogP contribution in [0.5, 0.6) is 0 Å². The zero-order valence-electron chi connectivity index (χ0n) is 7.58. The highest BCUT2D eigenvalue weighted by atomic mass is 16.8. The normalized spacial score (nSPS) is 23.7. The number of hydrogen-bond donors (Lipinski definition) is 5. The van der Waals surface area contributed by atoms with Crippen molar-refractivity contribution in [2.75, 3.05) is 15.9 Å². The largest absolute Gasteiger partial charge is 0.733 e. The first-order valence-corrected chi connectivity index (χ1v) is 4.27. The average molecular weight is 212 g/mol. The van der Waals surface area contributed by atoms with Crippen LogP contribution in [0.25, 0.3) is 0 Å². The summed E-state index contributed by atoms with van der Waals surface area (Å²) < 4.78 is 0. The Morgan fingerprint density at radius 2 is 1.73 bits per heavy atom. The molecular weight excluding hydrogens is 202 g/mol. The Morgan fingerprint density at radius 1 is 1.13 bits per heavy atom. The number of nitrogens with one attached hydrogen (secondary N) is 2. The van der Waals surface area contributed by atoms with E-state index in [1.165, 1.54) is 18.2 Å². The van der Waals surface area contributed by atoms with E-state index in [2.05, 4.69) is 10.6 Å². The number of nitrogens with zero attached hydrogens (tertiary/aromatic N) is 1. The first-order valence-electron chi connectivity index (χ1n) is 4.27. The van der Waals surface area contributed by atoms with E-state index < -0.39 is 12.5 Å². The molecule has 0 aromatic heterocycles. The van der Waals surface area contributed by atoms with Gasteiger partial charge in [-0.3, -0.25) is 5.21 Å². The van der Waals surface area contributed by atoms with Gasteiger partial charge >= 0.3 is 0 Å². The second-order valence-electron chi connectivity index (χ2n) is 3.18. The molecule has 7 nitrogen and oxygen atoms in total. The fraction of sp³-hybridized carbons (Fsp3) is 0.250. The van der Waals surface area contributed by atoms with Crippen molar-refractivity contribution in [3.05, 3.63) is 23.4 Å². The molecular formula is C8H10N3O4-. The second kappa shape index (κ2) is 3.55. The van der Waals surface area contributed by atoms with Crippen LogP contribution < -0.4 is 15.9 Å². The third-order valence-corrected chi connectivity index (χ3v) is 2.13. The zero-order chi connectivity index (χ0) is 11.0. The molecule has 0 radical (unpaired) electrons. The lowest BCUT2D eigenvalue weighted by Crippen LogP contribution is -2.42. The Labute approximate surface area is 85.1 Å². The van der Waals surface area contributed by atoms with Gasteiger partial charge in [0, 0.05) is 0 Å². The minimum absolute atomic E-state index is 0.0339. The van der Waals surface area contributed by atoms with Gasteiger partial charge in [0.25, 0.3) is 0 Å². The highest BCUT2D eigenvalue weighted by molar-refractivity contribution is 5.75. The Balaban J connectivity index is 2.33. The third-order valence-electron chi connectivity index (χ3n) is 2.13. The van der Waals surface area contributed by atoms with E-state index in [1.807, 2.05) is 0 Å². The summed E-state index contributed by atoms with van der Waals surface area (Å²) in [5, 5.41) is 42.7. The standard InChI is InChI=1S/C8H10N3O4/c12-7-8(13)10-6-3-4(11(14)15)1-2-5(6)9-7/h1-3,7-10,12-14H/q-1. The summed E-state index contributed by atoms with van der Waals surface area (Å²) in [6.07, 6.45) is -2.27. The van der Waals surface area contributed by atoms with E-state index in [4.69, 9.17) is 5.21 Å². The van der Waals surface area contributed by atoms with Crippen LogP contribution in [-0.2, 0) is 0 Å². The number of aliphatic hydroxyl groups excluding tert-OH is 2. The van der Waals surface area contributed by atoms with Gasteiger partial charge < -0.3 is 31.3 Å². The lowest BCUT2D eigenvalue weighted by atomic mass is 10.2. The molecule has 15 heavy (non-hydrogen) atoms. The molecule has 2 atom stereocenters. The Bertz CT molecular complexity index is 371. The number of fused-ring (bicyclic) bond motifs is 1. The summed E-state index contributed by atoms with van der Waals surface area (Å²) in [4.78, 5) is 0. The highest BCUT2D eigenvalue weighted by Gasteiger charge is 2.23. The minimum atomic E-state index is -1.16. The summed E-state index contributed by atoms with van der Waals surface area (Å²) in [6, 6.07) is 4.24. The molecule has 0 saturated heterocycles. The third kappa shape index (κ3) is 1.81. The molecule has 0 saturated carbocycles. The number of anilines is 3. The predicted molar refractivity (Wildman–Crippen MR) is 53.3 cm³/mol. The summed E-state index contributed by atoms with van der Waals surface area (Å²) >= 11 is 0. The first kappa shape index (κ1) is 9.99. The molecule has 1 aromatic rings. The van der Waals surface area contributed by atoms with Crippen molar-refractivity contribution in [2.45, 2.75) is 12.5 Å². The molecule has 7 heteroatoms. The molecule has 0 amide bonds. The maximum Gasteiger partial charge on any atom is 0.169 e. The van der Waals surface area contributed by atoms with Crippen LogP contribution in [0.15, 0.2) is 18.2 Å². The zero-order valence-corrected chi connectivity index (χ0v) is 7.58. The van der Waals surface area contributed by atoms with Crippen molar-refractivity contribution in [1.29, 1.82) is 0 Å². The SMILES string of the molecule is [O-]N(O)c1ccc2c(c1)NC(O)C(O)N2. The van der Waals surface area contributed by atoms with Crippen LogP contribution >= 0.6 is 0 Å². The molecule has 2 unspecified atom stereocenters. The maximum absolute atomic E-state index is 10.6. The van der Waals surface area contributed by atoms with Crippen LogP contribution in [0.3, 0.4) is 0 Å². The maximum atomic E-state index is 10.6. The van der Waals surface area contributed by atoms with Gasteiger partial charge in [0.15, 0.2) is 12.5 Å². The molecule has 1 aliphatic rings. The lowest BCUT2D eigenvalue weighted by molar-refractivity contribution is 0.0528. The molecule has 2 rings (SSSR count). The Kier molecular flexibility index (Phi) is 2.37. The quantitative estimate of drug-likeness (QED) is 0.412. The topological polar surface area (TPSA) is 111 Å². The molecule has 5 N–H and O–H groups in total. The number of aliphatic hydroxyl groups is 2. The van der Waals surface area contributed by atoms with Gasteiger partial charge in [-0.15, -0.1) is 0 Å². The van der Waals surface area contributed by atoms with E-state index in [0.717, 1.165) is 0 Å². The first-order chi connectivity index (χ1) is 7.08. The van der Waals surface area contributed by atoms with Crippen molar-refractivity contribution in [2.24, 2.45) is 0 Å². The van der Waals surface area contributed by atoms with E-state index in [1.54, 1.807) is 0 Å². The number of rotatable bonds is 1. The van der Waals surface area contributed by atoms with Crippen LogP contribution in [0, 0.1) is 5.21 Å². The summed E-state index contributed by atoms with van der Waals surface area (Å²) in [6.45, 7) is 0. The van der Waals surface area contributed by atoms with Gasteiger partial charge in [-0.1, -0.05) is 0 Å². The van der Waals surface area contributed by atoms with E-state index in [-0.39, 0.29) is 10.9 Å². The van der Waals surface area contributed by atoms with Gasteiger partial charge in [0.05, 0.1) is 17.1 Å². The highest BCUT2D eigenvalue weighted by Crippen LogP contribution is 2.31. The fourth-order valence-electron chi connectivity index (χ4n) is 1.37. The Hall–Kier alpha value is -1.54. The fourth-order valence-corrected chi connectivity index (χ4v) is 1.37. The molecule has 0 fully saturated rings. The van der Waals surface area contributed by atoms with Crippen molar-refractivity contribution in [1.82, 2.24) is 0 Å². The van der Waals surface area contributed by atoms with Crippen LogP contribution in [-0.4, -0.2) is 27.9 Å². The lowest BCUT2D eigenvalue weighted by Gasteiger charge is -2.31. The van der Waals surface area contributed by atoms with Crippen molar-refractivity contribution in [3.8, 4) is 0 Å². The van der Waals surface area contributed by atoms with Crippen molar-refractivity contribution < 1.29 is 15.4 Å². The predicted octanol–water partition coefficient (Wildman–Crippen LogP) is -0.146. The van der Waals surface area contributed by atoms with E-state index >= 15 is 0 Å². The van der Waals surface area contributed by atoms with Crippen LogP contribution in [0.2, 0.25) is 0 Å². The second-order valence-corrected chi connectivity index (χ2v) is 3.18. The molecule has 0 aliphatic carbocycles.